The van der Waals surface area contributed by atoms with Gasteiger partial charge < -0.3 is 19.5 Å². The van der Waals surface area contributed by atoms with E-state index in [1.165, 1.54) is 83.5 Å². The second kappa shape index (κ2) is 24.6. The minimum absolute atomic E-state index is 0.00417. The van der Waals surface area contributed by atoms with Gasteiger partial charge in [-0.25, -0.2) is 0 Å². The monoisotopic (exact) mass is 537 g/mol. The van der Waals surface area contributed by atoms with Crippen LogP contribution in [0.3, 0.4) is 0 Å². The molecule has 222 valence electrons. The molecule has 3 atom stereocenters. The Morgan fingerprint density at radius 1 is 0.816 bits per heavy atom. The van der Waals surface area contributed by atoms with E-state index in [-0.39, 0.29) is 24.2 Å². The van der Waals surface area contributed by atoms with E-state index >= 15 is 0 Å². The third kappa shape index (κ3) is 18.0. The molecule has 1 unspecified atom stereocenters. The first kappa shape index (κ1) is 34.6. The van der Waals surface area contributed by atoms with Gasteiger partial charge in [-0.1, -0.05) is 116 Å². The van der Waals surface area contributed by atoms with Gasteiger partial charge in [-0.3, -0.25) is 9.59 Å². The Balaban J connectivity index is 2.35. The normalized spacial score (nSPS) is 19.6. The fraction of sp³-hybridized carbons (Fsp3) is 0.875. The van der Waals surface area contributed by atoms with E-state index in [2.05, 4.69) is 19.2 Å². The predicted octanol–water partition coefficient (Wildman–Crippen LogP) is 8.17. The van der Waals surface area contributed by atoms with E-state index in [1.807, 2.05) is 6.92 Å². The van der Waals surface area contributed by atoms with Gasteiger partial charge in [-0.2, -0.15) is 0 Å². The zero-order valence-electron chi connectivity index (χ0n) is 25.0. The zero-order chi connectivity index (χ0) is 27.7. The number of ketones is 1. The van der Waals surface area contributed by atoms with Crippen LogP contribution in [-0.4, -0.2) is 43.3 Å². The van der Waals surface area contributed by atoms with E-state index < -0.39 is 12.3 Å². The summed E-state index contributed by atoms with van der Waals surface area (Å²) < 4.78 is 17.7. The van der Waals surface area contributed by atoms with Crippen LogP contribution in [0.15, 0.2) is 12.3 Å². The highest BCUT2D eigenvalue weighted by Crippen LogP contribution is 2.21. The average molecular weight is 538 g/mol. The van der Waals surface area contributed by atoms with Crippen molar-refractivity contribution >= 4 is 11.7 Å². The SMILES string of the molecule is C/C=C\O[C@H]1OCC[C@H](OCCCCCCCCCC)C1NC(=O)CC(=O)CCCCCCCCCCC. The number of carbonyl (C=O) groups is 2. The van der Waals surface area contributed by atoms with Crippen molar-refractivity contribution in [3.63, 3.8) is 0 Å². The van der Waals surface area contributed by atoms with Crippen LogP contribution in [0.25, 0.3) is 0 Å². The van der Waals surface area contributed by atoms with Crippen molar-refractivity contribution in [1.29, 1.82) is 0 Å². The molecule has 0 radical (unpaired) electrons. The molecule has 0 spiro atoms. The van der Waals surface area contributed by atoms with Gasteiger partial charge in [-0.15, -0.1) is 0 Å². The van der Waals surface area contributed by atoms with Gasteiger partial charge in [0.2, 0.25) is 12.2 Å². The number of carbonyl (C=O) groups excluding carboxylic acids is 2. The van der Waals surface area contributed by atoms with Crippen molar-refractivity contribution in [2.45, 2.75) is 168 Å². The number of unbranched alkanes of at least 4 members (excludes halogenated alkanes) is 15. The lowest BCUT2D eigenvalue weighted by molar-refractivity contribution is -0.189. The topological polar surface area (TPSA) is 73.9 Å². The van der Waals surface area contributed by atoms with E-state index in [0.29, 0.717) is 26.1 Å². The Hall–Kier alpha value is -1.40. The van der Waals surface area contributed by atoms with Gasteiger partial charge in [0.05, 0.1) is 25.4 Å². The standard InChI is InChI=1S/C32H59NO5/c1-4-7-9-11-13-15-16-18-20-22-28(34)27-30(35)33-31-29(23-26-38-32(31)37-24-6-3)36-25-21-19-17-14-12-10-8-5-2/h6,24,29,31-32H,4-5,7-23,25-27H2,1-3H3,(H,33,35)/b24-6-/t29-,31?,32-/m0/s1. The molecule has 1 heterocycles. The summed E-state index contributed by atoms with van der Waals surface area (Å²) in [5.74, 6) is -0.263. The Morgan fingerprint density at radius 2 is 1.37 bits per heavy atom. The molecular weight excluding hydrogens is 478 g/mol. The first-order valence-electron chi connectivity index (χ1n) is 15.9. The highest BCUT2D eigenvalue weighted by molar-refractivity contribution is 5.98. The van der Waals surface area contributed by atoms with Crippen LogP contribution >= 0.6 is 0 Å². The molecule has 0 aromatic carbocycles. The number of nitrogens with one attached hydrogen (secondary N) is 1. The van der Waals surface area contributed by atoms with Crippen LogP contribution in [0.1, 0.15) is 149 Å². The maximum absolute atomic E-state index is 12.8. The molecule has 0 aromatic heterocycles. The fourth-order valence-corrected chi connectivity index (χ4v) is 4.99. The predicted molar refractivity (Wildman–Crippen MR) is 156 cm³/mol. The smallest absolute Gasteiger partial charge is 0.227 e. The molecule has 0 saturated carbocycles. The lowest BCUT2D eigenvalue weighted by Crippen LogP contribution is -2.56. The summed E-state index contributed by atoms with van der Waals surface area (Å²) >= 11 is 0. The van der Waals surface area contributed by atoms with Gasteiger partial charge in [0, 0.05) is 13.0 Å². The van der Waals surface area contributed by atoms with Crippen LogP contribution in [0.2, 0.25) is 0 Å². The minimum Gasteiger partial charge on any atom is -0.471 e. The quantitative estimate of drug-likeness (QED) is 0.0722. The number of Topliss-reactive ketones (excluding diaryl/α,β-unsaturated/α-hetero) is 1. The Morgan fingerprint density at radius 3 is 1.95 bits per heavy atom. The molecule has 1 aliphatic heterocycles. The second-order valence-corrected chi connectivity index (χ2v) is 10.9. The summed E-state index contributed by atoms with van der Waals surface area (Å²) in [6, 6.07) is -0.429. The molecule has 0 aliphatic carbocycles. The van der Waals surface area contributed by atoms with Gasteiger partial charge in [0.1, 0.15) is 11.8 Å². The minimum atomic E-state index is -0.611. The highest BCUT2D eigenvalue weighted by atomic mass is 16.7. The van der Waals surface area contributed by atoms with Crippen LogP contribution < -0.4 is 5.32 Å². The summed E-state index contributed by atoms with van der Waals surface area (Å²) in [7, 11) is 0. The number of allylic oxidation sites excluding steroid dienone is 1. The number of hydrogen-bond donors (Lipinski definition) is 1. The fourth-order valence-electron chi connectivity index (χ4n) is 4.99. The summed E-state index contributed by atoms with van der Waals surface area (Å²) in [6.07, 6.45) is 24.6. The van der Waals surface area contributed by atoms with E-state index in [9.17, 15) is 9.59 Å². The summed E-state index contributed by atoms with van der Waals surface area (Å²) in [5, 5.41) is 3.01. The van der Waals surface area contributed by atoms with Crippen LogP contribution in [0.4, 0.5) is 0 Å². The molecular formula is C32H59NO5. The van der Waals surface area contributed by atoms with Gasteiger partial charge in [0.25, 0.3) is 0 Å². The largest absolute Gasteiger partial charge is 0.471 e. The average Bonchev–Trinajstić information content (AvgIpc) is 2.91. The van der Waals surface area contributed by atoms with Crippen molar-refractivity contribution < 1.29 is 23.8 Å². The van der Waals surface area contributed by atoms with Crippen LogP contribution in [0, 0.1) is 0 Å². The molecule has 1 fully saturated rings. The van der Waals surface area contributed by atoms with Gasteiger partial charge in [0.15, 0.2) is 0 Å². The third-order valence-corrected chi connectivity index (χ3v) is 7.30. The summed E-state index contributed by atoms with van der Waals surface area (Å²) in [5.41, 5.74) is 0. The first-order valence-corrected chi connectivity index (χ1v) is 15.9. The Kier molecular flexibility index (Phi) is 22.4. The molecule has 1 saturated heterocycles. The Labute approximate surface area is 234 Å². The highest BCUT2D eigenvalue weighted by Gasteiger charge is 2.37. The summed E-state index contributed by atoms with van der Waals surface area (Å²) in [4.78, 5) is 25.2. The van der Waals surface area contributed by atoms with E-state index in [1.54, 1.807) is 12.3 Å². The molecule has 1 aliphatic rings. The molecule has 38 heavy (non-hydrogen) atoms. The zero-order valence-corrected chi connectivity index (χ0v) is 25.0. The Bertz CT molecular complexity index is 609. The van der Waals surface area contributed by atoms with Gasteiger partial charge in [-0.05, 0) is 26.2 Å². The van der Waals surface area contributed by atoms with Crippen LogP contribution in [-0.2, 0) is 23.8 Å². The molecule has 1 amide bonds. The van der Waals surface area contributed by atoms with Crippen molar-refractivity contribution in [3.8, 4) is 0 Å². The first-order chi connectivity index (χ1) is 18.6. The molecule has 1 N–H and O–H groups in total. The number of ether oxygens (including phenoxy) is 3. The maximum atomic E-state index is 12.8. The summed E-state index contributed by atoms with van der Waals surface area (Å²) in [6.45, 7) is 7.54. The number of amides is 1. The maximum Gasteiger partial charge on any atom is 0.227 e. The van der Waals surface area contributed by atoms with E-state index in [0.717, 1.165) is 25.7 Å². The molecule has 1 rings (SSSR count). The van der Waals surface area contributed by atoms with Crippen molar-refractivity contribution in [2.24, 2.45) is 0 Å². The lowest BCUT2D eigenvalue weighted by atomic mass is 10.0. The third-order valence-electron chi connectivity index (χ3n) is 7.30. The van der Waals surface area contributed by atoms with Crippen molar-refractivity contribution in [2.75, 3.05) is 13.2 Å². The van der Waals surface area contributed by atoms with Crippen molar-refractivity contribution in [1.82, 2.24) is 5.32 Å². The number of rotatable bonds is 25. The molecule has 6 heteroatoms. The van der Waals surface area contributed by atoms with Gasteiger partial charge >= 0.3 is 0 Å². The second-order valence-electron chi connectivity index (χ2n) is 10.9. The van der Waals surface area contributed by atoms with Crippen LogP contribution in [0.5, 0.6) is 0 Å². The van der Waals surface area contributed by atoms with Crippen molar-refractivity contribution in [3.05, 3.63) is 12.3 Å². The molecule has 6 nitrogen and oxygen atoms in total. The number of hydrogen-bond acceptors (Lipinski definition) is 5. The molecule has 0 aromatic rings. The lowest BCUT2D eigenvalue weighted by Gasteiger charge is -2.37. The molecule has 0 bridgehead atoms. The van der Waals surface area contributed by atoms with E-state index in [4.69, 9.17) is 14.2 Å².